The highest BCUT2D eigenvalue weighted by atomic mass is 79.9. The van der Waals surface area contributed by atoms with Crippen LogP contribution in [0.3, 0.4) is 0 Å². The summed E-state index contributed by atoms with van der Waals surface area (Å²) in [7, 11) is 0. The van der Waals surface area contributed by atoms with Gasteiger partial charge in [-0.3, -0.25) is 0 Å². The zero-order chi connectivity index (χ0) is 15.8. The van der Waals surface area contributed by atoms with Gasteiger partial charge in [0, 0.05) is 6.54 Å². The van der Waals surface area contributed by atoms with Crippen molar-refractivity contribution in [2.75, 3.05) is 19.8 Å². The fraction of sp³-hybridized carbons (Fsp3) is 0.600. The lowest BCUT2D eigenvalue weighted by molar-refractivity contribution is -0.0124. The standard InChI is InChI=1S/C15H23Br2NO3/c1-4-18-7-11-5-13(16)15(14(17)6-11)21-9-12(19)8-20-10(2)3/h5-6,10,12,18-19H,4,7-9H2,1-3H3. The molecule has 0 heterocycles. The largest absolute Gasteiger partial charge is 0.488 e. The third kappa shape index (κ3) is 7.10. The van der Waals surface area contributed by atoms with Crippen molar-refractivity contribution in [3.63, 3.8) is 0 Å². The molecule has 120 valence electrons. The van der Waals surface area contributed by atoms with E-state index in [1.165, 1.54) is 0 Å². The van der Waals surface area contributed by atoms with Crippen LogP contribution in [0.15, 0.2) is 21.1 Å². The van der Waals surface area contributed by atoms with Crippen LogP contribution in [0.2, 0.25) is 0 Å². The molecule has 1 unspecified atom stereocenters. The molecule has 2 N–H and O–H groups in total. The zero-order valence-corrected chi connectivity index (χ0v) is 15.8. The molecule has 1 atom stereocenters. The number of aliphatic hydroxyl groups excluding tert-OH is 1. The maximum Gasteiger partial charge on any atom is 0.147 e. The van der Waals surface area contributed by atoms with E-state index in [0.717, 1.165) is 27.6 Å². The molecule has 0 bridgehead atoms. The molecule has 1 aromatic rings. The minimum atomic E-state index is -0.646. The van der Waals surface area contributed by atoms with Gasteiger partial charge in [0.2, 0.25) is 0 Å². The van der Waals surface area contributed by atoms with Crippen LogP contribution < -0.4 is 10.1 Å². The number of nitrogens with one attached hydrogen (secondary N) is 1. The smallest absolute Gasteiger partial charge is 0.147 e. The van der Waals surface area contributed by atoms with Gasteiger partial charge in [0.05, 0.1) is 21.7 Å². The van der Waals surface area contributed by atoms with Gasteiger partial charge in [0.15, 0.2) is 0 Å². The van der Waals surface area contributed by atoms with E-state index in [9.17, 15) is 5.11 Å². The van der Waals surface area contributed by atoms with Crippen LogP contribution in [0.1, 0.15) is 26.3 Å². The molecule has 21 heavy (non-hydrogen) atoms. The summed E-state index contributed by atoms with van der Waals surface area (Å²) in [5.41, 5.74) is 1.16. The van der Waals surface area contributed by atoms with Crippen LogP contribution >= 0.6 is 31.9 Å². The molecule has 1 rings (SSSR count). The normalized spacial score (nSPS) is 12.7. The molecular formula is C15H23Br2NO3. The molecular weight excluding hydrogens is 402 g/mol. The third-order valence-corrected chi connectivity index (χ3v) is 3.86. The van der Waals surface area contributed by atoms with Crippen LogP contribution in [0.25, 0.3) is 0 Å². The lowest BCUT2D eigenvalue weighted by atomic mass is 10.2. The summed E-state index contributed by atoms with van der Waals surface area (Å²) in [5, 5.41) is 13.1. The Morgan fingerprint density at radius 3 is 2.33 bits per heavy atom. The van der Waals surface area contributed by atoms with Crippen molar-refractivity contribution in [3.05, 3.63) is 26.6 Å². The predicted octanol–water partition coefficient (Wildman–Crippen LogP) is 3.49. The number of rotatable bonds is 9. The molecule has 0 saturated carbocycles. The first-order chi connectivity index (χ1) is 9.93. The summed E-state index contributed by atoms with van der Waals surface area (Å²) < 4.78 is 12.8. The minimum Gasteiger partial charge on any atom is -0.488 e. The molecule has 0 radical (unpaired) electrons. The van der Waals surface area contributed by atoms with Crippen molar-refractivity contribution in [2.24, 2.45) is 0 Å². The van der Waals surface area contributed by atoms with Gasteiger partial charge >= 0.3 is 0 Å². The number of ether oxygens (including phenoxy) is 2. The van der Waals surface area contributed by atoms with Crippen molar-refractivity contribution in [3.8, 4) is 5.75 Å². The van der Waals surface area contributed by atoms with Gasteiger partial charge in [-0.2, -0.15) is 0 Å². The highest BCUT2D eigenvalue weighted by Crippen LogP contribution is 2.34. The summed E-state index contributed by atoms with van der Waals surface area (Å²) >= 11 is 7.01. The van der Waals surface area contributed by atoms with Crippen LogP contribution in [0.5, 0.6) is 5.75 Å². The molecule has 4 nitrogen and oxygen atoms in total. The lowest BCUT2D eigenvalue weighted by Crippen LogP contribution is -2.25. The van der Waals surface area contributed by atoms with E-state index in [0.29, 0.717) is 5.75 Å². The Morgan fingerprint density at radius 2 is 1.81 bits per heavy atom. The van der Waals surface area contributed by atoms with Gasteiger partial charge in [-0.05, 0) is 69.9 Å². The summed E-state index contributed by atoms with van der Waals surface area (Å²) in [4.78, 5) is 0. The molecule has 6 heteroatoms. The summed E-state index contributed by atoms with van der Waals surface area (Å²) in [6.45, 7) is 8.13. The van der Waals surface area contributed by atoms with Crippen LogP contribution in [0.4, 0.5) is 0 Å². The molecule has 0 aliphatic rings. The van der Waals surface area contributed by atoms with Crippen molar-refractivity contribution in [2.45, 2.75) is 39.5 Å². The summed E-state index contributed by atoms with van der Waals surface area (Å²) in [5.74, 6) is 0.693. The van der Waals surface area contributed by atoms with Gasteiger partial charge < -0.3 is 19.9 Å². The first kappa shape index (κ1) is 18.9. The van der Waals surface area contributed by atoms with Crippen molar-refractivity contribution < 1.29 is 14.6 Å². The van der Waals surface area contributed by atoms with Gasteiger partial charge in [-0.25, -0.2) is 0 Å². The second kappa shape index (κ2) is 9.79. The Kier molecular flexibility index (Phi) is 8.82. The van der Waals surface area contributed by atoms with E-state index in [-0.39, 0.29) is 19.3 Å². The van der Waals surface area contributed by atoms with E-state index in [1.807, 2.05) is 26.0 Å². The average molecular weight is 425 g/mol. The van der Waals surface area contributed by atoms with E-state index in [2.05, 4.69) is 44.1 Å². The second-order valence-corrected chi connectivity index (χ2v) is 6.72. The Balaban J connectivity index is 2.58. The van der Waals surface area contributed by atoms with E-state index in [1.54, 1.807) is 0 Å². The van der Waals surface area contributed by atoms with Gasteiger partial charge in [0.1, 0.15) is 18.5 Å². The molecule has 0 aliphatic heterocycles. The number of benzene rings is 1. The monoisotopic (exact) mass is 423 g/mol. The van der Waals surface area contributed by atoms with Crippen molar-refractivity contribution in [1.82, 2.24) is 5.32 Å². The number of hydrogen-bond donors (Lipinski definition) is 2. The molecule has 0 amide bonds. The maximum absolute atomic E-state index is 9.82. The Morgan fingerprint density at radius 1 is 1.19 bits per heavy atom. The molecule has 0 aromatic heterocycles. The molecule has 0 spiro atoms. The molecule has 1 aromatic carbocycles. The van der Waals surface area contributed by atoms with Crippen LogP contribution in [-0.4, -0.2) is 37.1 Å². The van der Waals surface area contributed by atoms with E-state index in [4.69, 9.17) is 9.47 Å². The van der Waals surface area contributed by atoms with Gasteiger partial charge in [-0.1, -0.05) is 6.92 Å². The molecule has 0 saturated heterocycles. The average Bonchev–Trinajstić information content (AvgIpc) is 2.41. The van der Waals surface area contributed by atoms with Crippen LogP contribution in [0, 0.1) is 0 Å². The SMILES string of the molecule is CCNCc1cc(Br)c(OCC(O)COC(C)C)c(Br)c1. The van der Waals surface area contributed by atoms with Crippen LogP contribution in [-0.2, 0) is 11.3 Å². The first-order valence-electron chi connectivity index (χ1n) is 7.05. The predicted molar refractivity (Wildman–Crippen MR) is 91.8 cm³/mol. The maximum atomic E-state index is 9.82. The molecule has 0 fully saturated rings. The zero-order valence-electron chi connectivity index (χ0n) is 12.7. The fourth-order valence-electron chi connectivity index (χ4n) is 1.65. The molecule has 0 aliphatic carbocycles. The van der Waals surface area contributed by atoms with E-state index < -0.39 is 6.10 Å². The number of halogens is 2. The Labute approximate surface area is 143 Å². The third-order valence-electron chi connectivity index (χ3n) is 2.68. The topological polar surface area (TPSA) is 50.7 Å². The van der Waals surface area contributed by atoms with Crippen molar-refractivity contribution >= 4 is 31.9 Å². The van der Waals surface area contributed by atoms with Crippen molar-refractivity contribution in [1.29, 1.82) is 0 Å². The van der Waals surface area contributed by atoms with Gasteiger partial charge in [-0.15, -0.1) is 0 Å². The Hall–Kier alpha value is -0.140. The minimum absolute atomic E-state index is 0.100. The lowest BCUT2D eigenvalue weighted by Gasteiger charge is -2.16. The second-order valence-electron chi connectivity index (χ2n) is 5.02. The fourth-order valence-corrected chi connectivity index (χ4v) is 3.16. The summed E-state index contributed by atoms with van der Waals surface area (Å²) in [6.07, 6.45) is -0.545. The highest BCUT2D eigenvalue weighted by Gasteiger charge is 2.12. The quantitative estimate of drug-likeness (QED) is 0.637. The first-order valence-corrected chi connectivity index (χ1v) is 8.63. The highest BCUT2D eigenvalue weighted by molar-refractivity contribution is 9.11. The van der Waals surface area contributed by atoms with E-state index >= 15 is 0 Å². The number of aliphatic hydroxyl groups is 1. The summed E-state index contributed by atoms with van der Waals surface area (Å²) in [6, 6.07) is 4.03. The Bertz CT molecular complexity index is 418. The number of hydrogen-bond acceptors (Lipinski definition) is 4. The van der Waals surface area contributed by atoms with Gasteiger partial charge in [0.25, 0.3) is 0 Å².